The van der Waals surface area contributed by atoms with E-state index in [9.17, 15) is 0 Å². The monoisotopic (exact) mass is 1460 g/mol. The zero-order chi connectivity index (χ0) is 76.1. The van der Waals surface area contributed by atoms with Crippen molar-refractivity contribution in [1.82, 2.24) is 19.9 Å². The van der Waals surface area contributed by atoms with Gasteiger partial charge in [0, 0.05) is 120 Å². The van der Waals surface area contributed by atoms with Gasteiger partial charge in [-0.3, -0.25) is 19.8 Å². The van der Waals surface area contributed by atoms with Gasteiger partial charge in [0.15, 0.2) is 0 Å². The first-order valence-electron chi connectivity index (χ1n) is 38.6. The van der Waals surface area contributed by atoms with Crippen LogP contribution in [-0.2, 0) is 0 Å². The molecule has 10 nitrogen and oxygen atoms in total. The summed E-state index contributed by atoms with van der Waals surface area (Å²) < 4.78 is 13.9. The fraction of sp³-hybridized carbons (Fsp3) is 0.0385. The molecule has 2 aliphatic rings. The van der Waals surface area contributed by atoms with Crippen molar-refractivity contribution in [2.75, 3.05) is 19.6 Å². The number of para-hydroxylation sites is 4. The molecule has 0 spiro atoms. The predicted molar refractivity (Wildman–Crippen MR) is 473 cm³/mol. The van der Waals surface area contributed by atoms with Crippen molar-refractivity contribution in [1.29, 1.82) is 0 Å². The summed E-state index contributed by atoms with van der Waals surface area (Å²) in [6, 6.07) is 121. The van der Waals surface area contributed by atoms with Gasteiger partial charge in [-0.05, 0) is 275 Å². The van der Waals surface area contributed by atoms with Crippen molar-refractivity contribution in [3.05, 3.63) is 387 Å². The number of rotatable bonds is 12. The summed E-state index contributed by atoms with van der Waals surface area (Å²) in [5.41, 5.74) is 21.7. The van der Waals surface area contributed by atoms with E-state index < -0.39 is 0 Å². The van der Waals surface area contributed by atoms with Crippen LogP contribution >= 0.6 is 0 Å². The Bertz CT molecular complexity index is 7160. The molecule has 10 heteroatoms. The van der Waals surface area contributed by atoms with Gasteiger partial charge < -0.3 is 19.3 Å². The summed E-state index contributed by atoms with van der Waals surface area (Å²) >= 11 is 0. The van der Waals surface area contributed by atoms with Crippen LogP contribution in [0.4, 0.5) is 68.5 Å². The Morgan fingerprint density at radius 1 is 0.211 bits per heavy atom. The number of nitrogens with zero attached hydrogens (tertiary/aromatic N) is 8. The Labute approximate surface area is 659 Å². The van der Waals surface area contributed by atoms with E-state index in [0.717, 1.165) is 152 Å². The van der Waals surface area contributed by atoms with Crippen LogP contribution < -0.4 is 29.1 Å². The van der Waals surface area contributed by atoms with Crippen LogP contribution in [0.5, 0.6) is 23.0 Å². The largest absolute Gasteiger partial charge is 0.456 e. The van der Waals surface area contributed by atoms with Crippen LogP contribution in [-0.4, -0.2) is 19.9 Å². The fourth-order valence-corrected chi connectivity index (χ4v) is 17.2. The number of aryl methyl sites for hydroxylation is 4. The summed E-state index contributed by atoms with van der Waals surface area (Å²) in [6.45, 7) is 8.68. The third-order valence-corrected chi connectivity index (χ3v) is 22.3. The zero-order valence-electron chi connectivity index (χ0n) is 63.0. The van der Waals surface area contributed by atoms with Gasteiger partial charge in [-0.1, -0.05) is 157 Å². The van der Waals surface area contributed by atoms with Gasteiger partial charge in [-0.2, -0.15) is 0 Å². The van der Waals surface area contributed by atoms with Gasteiger partial charge in [0.05, 0.1) is 28.1 Å². The van der Waals surface area contributed by atoms with Crippen molar-refractivity contribution in [2.24, 2.45) is 0 Å². The molecule has 6 heterocycles. The van der Waals surface area contributed by atoms with Gasteiger partial charge in [0.2, 0.25) is 0 Å². The van der Waals surface area contributed by atoms with E-state index in [1.807, 2.05) is 73.3 Å². The molecule has 0 saturated heterocycles. The number of anilines is 12. The van der Waals surface area contributed by atoms with Gasteiger partial charge in [-0.25, -0.2) is 9.97 Å². The van der Waals surface area contributed by atoms with E-state index in [4.69, 9.17) is 19.4 Å². The molecule has 0 radical (unpaired) electrons. The minimum Gasteiger partial charge on any atom is -0.456 e. The SMILES string of the molecule is Cc1ccc2c(N(c3ccccc3)c3ccc4ncccc4c3)cc3c4cc(C)cc5c4c(cc3c2c1)-c1ccc(N(c2ccccc2)c2ccc3ncccc3c2)cc1O5.Cc1ccc2c(N(c3ccccc3)c3ccccn3)cc3c4cc(C)cc5c4c(cc3c2c1)-c1ccc(N(c2ccccc2)c2ccccn2)cc1O5. The molecule has 0 aliphatic carbocycles. The molecule has 0 amide bonds. The Morgan fingerprint density at radius 2 is 0.579 bits per heavy atom. The third kappa shape index (κ3) is 11.7. The molecule has 0 bridgehead atoms. The van der Waals surface area contributed by atoms with Crippen molar-refractivity contribution in [2.45, 2.75) is 27.7 Å². The molecule has 0 N–H and O–H groups in total. The number of pyridine rings is 4. The van der Waals surface area contributed by atoms with E-state index in [-0.39, 0.29) is 0 Å². The smallest absolute Gasteiger partial charge is 0.137 e. The molecular weight excluding hydrogens is 1390 g/mol. The van der Waals surface area contributed by atoms with Crippen LogP contribution in [0.25, 0.3) is 109 Å². The zero-order valence-corrected chi connectivity index (χ0v) is 63.0. The Kier molecular flexibility index (Phi) is 16.2. The number of hydrogen-bond donors (Lipinski definition) is 0. The molecule has 16 aromatic carbocycles. The maximum atomic E-state index is 7.02. The molecule has 22 rings (SSSR count). The normalized spacial score (nSPS) is 11.8. The third-order valence-electron chi connectivity index (χ3n) is 22.3. The Balaban J connectivity index is 0.000000145. The minimum atomic E-state index is 0.820. The lowest BCUT2D eigenvalue weighted by Crippen LogP contribution is -2.12. The first kappa shape index (κ1) is 67.1. The molecular formula is C104H72N8O2. The van der Waals surface area contributed by atoms with Crippen LogP contribution in [0, 0.1) is 27.7 Å². The van der Waals surface area contributed by atoms with Crippen LogP contribution in [0.15, 0.2) is 365 Å². The second kappa shape index (κ2) is 27.5. The topological polar surface area (TPSA) is 83.0 Å². The molecule has 20 aromatic rings. The maximum Gasteiger partial charge on any atom is 0.137 e. The summed E-state index contributed by atoms with van der Waals surface area (Å²) in [6.07, 6.45) is 7.38. The molecule has 540 valence electrons. The van der Waals surface area contributed by atoms with E-state index in [1.54, 1.807) is 0 Å². The Hall–Kier alpha value is -15.0. The minimum absolute atomic E-state index is 0.820. The molecule has 114 heavy (non-hydrogen) atoms. The van der Waals surface area contributed by atoms with Crippen molar-refractivity contribution in [3.63, 3.8) is 0 Å². The highest BCUT2D eigenvalue weighted by atomic mass is 16.5. The lowest BCUT2D eigenvalue weighted by molar-refractivity contribution is 0.486. The van der Waals surface area contributed by atoms with Crippen LogP contribution in [0.2, 0.25) is 0 Å². The molecule has 4 aromatic heterocycles. The van der Waals surface area contributed by atoms with Crippen LogP contribution in [0.1, 0.15) is 22.3 Å². The molecule has 0 fully saturated rings. The van der Waals surface area contributed by atoms with Gasteiger partial charge in [0.25, 0.3) is 0 Å². The quantitative estimate of drug-likeness (QED) is 0.110. The van der Waals surface area contributed by atoms with Crippen molar-refractivity contribution < 1.29 is 9.47 Å². The molecule has 0 saturated carbocycles. The van der Waals surface area contributed by atoms with E-state index in [0.29, 0.717) is 0 Å². The number of hydrogen-bond acceptors (Lipinski definition) is 10. The summed E-state index contributed by atoms with van der Waals surface area (Å²) in [5, 5.41) is 16.3. The molecule has 0 atom stereocenters. The maximum absolute atomic E-state index is 7.02. The summed E-state index contributed by atoms with van der Waals surface area (Å²) in [5.74, 6) is 5.08. The number of benzene rings is 16. The highest BCUT2D eigenvalue weighted by Gasteiger charge is 2.30. The first-order valence-corrected chi connectivity index (χ1v) is 38.6. The van der Waals surface area contributed by atoms with E-state index in [1.165, 1.54) is 70.7 Å². The standard InChI is InChI=1S/C56H38N4O.C48H34N4O/c1-35-17-21-44-46(27-35)47-33-50-45-22-18-43(59(39-13-5-3-6-14-39)41-19-23-51-37(30-41)11-9-25-57-51)32-54(45)61-55-29-36(2)28-49(56(50)55)48(47)34-53(44)60(40-15-7-4-8-16-40)42-20-24-52-38(31-42)12-10-26-58-52;1-31-19-21-36-38(25-31)39-29-42-37-22-20-35(51(33-13-5-3-6-14-33)46-17-9-11-23-49-46)28-44(37)53-45-27-32(2)26-41(48(42)45)40(39)30-43(36)52(34-15-7-4-8-16-34)47-18-10-12-24-50-47/h3-34H,1-2H3;3-30H,1-2H3. The van der Waals surface area contributed by atoms with Crippen LogP contribution in [0.3, 0.4) is 0 Å². The number of fused-ring (bicyclic) bond motifs is 14. The second-order valence-corrected chi connectivity index (χ2v) is 29.7. The average molecular weight is 1470 g/mol. The van der Waals surface area contributed by atoms with Gasteiger partial charge >= 0.3 is 0 Å². The Morgan fingerprint density at radius 3 is 1.05 bits per heavy atom. The second-order valence-electron chi connectivity index (χ2n) is 29.7. The lowest BCUT2D eigenvalue weighted by Gasteiger charge is -2.30. The van der Waals surface area contributed by atoms with Gasteiger partial charge in [-0.15, -0.1) is 0 Å². The summed E-state index contributed by atoms with van der Waals surface area (Å²) in [7, 11) is 0. The van der Waals surface area contributed by atoms with E-state index in [2.05, 4.69) is 348 Å². The first-order chi connectivity index (χ1) is 56.1. The highest BCUT2D eigenvalue weighted by Crippen LogP contribution is 2.56. The number of aromatic nitrogens is 4. The lowest BCUT2D eigenvalue weighted by atomic mass is 9.87. The fourth-order valence-electron chi connectivity index (χ4n) is 17.2. The average Bonchev–Trinajstić information content (AvgIpc) is 0.713. The van der Waals surface area contributed by atoms with Crippen molar-refractivity contribution >= 4 is 155 Å². The number of ether oxygens (including phenoxy) is 2. The van der Waals surface area contributed by atoms with E-state index >= 15 is 0 Å². The molecule has 2 aliphatic heterocycles. The molecule has 0 unspecified atom stereocenters. The van der Waals surface area contributed by atoms with Crippen molar-refractivity contribution in [3.8, 4) is 45.3 Å². The predicted octanol–water partition coefficient (Wildman–Crippen LogP) is 28.8. The highest BCUT2D eigenvalue weighted by molar-refractivity contribution is 6.28. The summed E-state index contributed by atoms with van der Waals surface area (Å²) in [4.78, 5) is 27.9. The van der Waals surface area contributed by atoms with Gasteiger partial charge in [0.1, 0.15) is 34.6 Å².